The van der Waals surface area contributed by atoms with E-state index >= 15 is 0 Å². The Kier molecular flexibility index (Phi) is 7.64. The van der Waals surface area contributed by atoms with Crippen molar-refractivity contribution in [1.82, 2.24) is 25.9 Å². The molecule has 204 valence electrons. The summed E-state index contributed by atoms with van der Waals surface area (Å²) < 4.78 is 40.5. The summed E-state index contributed by atoms with van der Waals surface area (Å²) in [5.74, 6) is -2.71. The van der Waals surface area contributed by atoms with Crippen molar-refractivity contribution in [1.29, 1.82) is 5.26 Å². The number of nitrogens with zero attached hydrogens (tertiary/aromatic N) is 4. The molecule has 8 nitrogen and oxygen atoms in total. The number of anilines is 3. The van der Waals surface area contributed by atoms with Gasteiger partial charge in [0.1, 0.15) is 6.07 Å². The van der Waals surface area contributed by atoms with Crippen LogP contribution in [-0.2, 0) is 0 Å². The number of allylic oxidation sites excluding steroid dienone is 3. The molecule has 0 saturated heterocycles. The van der Waals surface area contributed by atoms with E-state index in [2.05, 4.69) is 44.2 Å². The highest BCUT2D eigenvalue weighted by Gasteiger charge is 2.32. The molecule has 5 rings (SSSR count). The number of hydrogen-bond acceptors (Lipinski definition) is 8. The van der Waals surface area contributed by atoms with Crippen molar-refractivity contribution < 1.29 is 13.2 Å². The lowest BCUT2D eigenvalue weighted by Gasteiger charge is -2.22. The van der Waals surface area contributed by atoms with Crippen LogP contribution in [0, 0.1) is 23.1 Å². The first kappa shape index (κ1) is 27.1. The fourth-order valence-electron chi connectivity index (χ4n) is 4.17. The van der Waals surface area contributed by atoms with Gasteiger partial charge in [-0.2, -0.15) is 9.65 Å². The van der Waals surface area contributed by atoms with Gasteiger partial charge in [-0.3, -0.25) is 9.99 Å². The minimum absolute atomic E-state index is 0.136. The molecule has 0 bridgehead atoms. The van der Waals surface area contributed by atoms with Crippen LogP contribution >= 0.6 is 11.6 Å². The highest BCUT2D eigenvalue weighted by atomic mass is 35.5. The van der Waals surface area contributed by atoms with Crippen molar-refractivity contribution in [2.75, 3.05) is 10.6 Å². The quantitative estimate of drug-likeness (QED) is 0.178. The molecule has 3 aromatic rings. The molecule has 0 radical (unpaired) electrons. The molecule has 1 aliphatic heterocycles. The smallest absolute Gasteiger partial charge is 0.249 e. The second-order valence-corrected chi connectivity index (χ2v) is 9.77. The number of aromatic nitrogens is 2. The summed E-state index contributed by atoms with van der Waals surface area (Å²) in [6, 6.07) is 6.34. The number of hydrogen-bond donors (Lipinski definition) is 4. The summed E-state index contributed by atoms with van der Waals surface area (Å²) in [7, 11) is 0. The largest absolute Gasteiger partial charge is 0.373 e. The van der Waals surface area contributed by atoms with E-state index in [1.807, 2.05) is 11.2 Å². The third-order valence-corrected chi connectivity index (χ3v) is 6.58. The normalized spacial score (nSPS) is 16.1. The van der Waals surface area contributed by atoms with Gasteiger partial charge in [-0.25, -0.2) is 13.8 Å². The third kappa shape index (κ3) is 5.88. The topological polar surface area (TPSA) is 101 Å². The van der Waals surface area contributed by atoms with E-state index in [1.54, 1.807) is 24.3 Å². The molecule has 1 aromatic carbocycles. The van der Waals surface area contributed by atoms with Crippen LogP contribution in [0.5, 0.6) is 0 Å². The number of nitrogens with one attached hydrogen (secondary N) is 4. The maximum Gasteiger partial charge on any atom is 0.249 e. The van der Waals surface area contributed by atoms with Crippen molar-refractivity contribution in [3.8, 4) is 6.07 Å². The van der Waals surface area contributed by atoms with Crippen LogP contribution in [0.4, 0.5) is 30.2 Å². The van der Waals surface area contributed by atoms with E-state index in [-0.39, 0.29) is 22.1 Å². The predicted molar refractivity (Wildman–Crippen MR) is 149 cm³/mol. The number of halogens is 4. The van der Waals surface area contributed by atoms with Crippen LogP contribution in [0.3, 0.4) is 0 Å². The van der Waals surface area contributed by atoms with Crippen LogP contribution in [0.1, 0.15) is 25.3 Å². The molecule has 2 aliphatic rings. The number of benzene rings is 1. The first-order valence-corrected chi connectivity index (χ1v) is 12.7. The Morgan fingerprint density at radius 3 is 2.75 bits per heavy atom. The van der Waals surface area contributed by atoms with Gasteiger partial charge < -0.3 is 16.1 Å². The van der Waals surface area contributed by atoms with E-state index in [0.29, 0.717) is 33.9 Å². The van der Waals surface area contributed by atoms with E-state index in [4.69, 9.17) is 11.6 Å². The van der Waals surface area contributed by atoms with Gasteiger partial charge in [-0.05, 0) is 43.5 Å². The lowest BCUT2D eigenvalue weighted by atomic mass is 10.0. The van der Waals surface area contributed by atoms with Crippen molar-refractivity contribution in [2.45, 2.75) is 31.8 Å². The minimum atomic E-state index is -1.23. The molecule has 3 heterocycles. The van der Waals surface area contributed by atoms with Gasteiger partial charge in [0.2, 0.25) is 5.95 Å². The lowest BCUT2D eigenvalue weighted by Crippen LogP contribution is -2.40. The fourth-order valence-corrected chi connectivity index (χ4v) is 4.44. The van der Waals surface area contributed by atoms with Gasteiger partial charge in [0.25, 0.3) is 0 Å². The molecular formula is C28H24ClF3N8. The van der Waals surface area contributed by atoms with Crippen LogP contribution in [0.25, 0.3) is 10.9 Å². The van der Waals surface area contributed by atoms with Crippen LogP contribution in [-0.4, -0.2) is 27.1 Å². The average Bonchev–Trinajstić information content (AvgIpc) is 3.66. The predicted octanol–water partition coefficient (Wildman–Crippen LogP) is 6.27. The van der Waals surface area contributed by atoms with Gasteiger partial charge >= 0.3 is 0 Å². The van der Waals surface area contributed by atoms with Crippen LogP contribution < -0.4 is 21.6 Å². The Hall–Kier alpha value is -4.53. The van der Waals surface area contributed by atoms with Gasteiger partial charge in [-0.1, -0.05) is 30.3 Å². The highest BCUT2D eigenvalue weighted by Crippen LogP contribution is 2.36. The van der Waals surface area contributed by atoms with E-state index in [0.717, 1.165) is 30.8 Å². The molecule has 1 aliphatic carbocycles. The van der Waals surface area contributed by atoms with Crippen LogP contribution in [0.2, 0.25) is 5.02 Å². The average molecular weight is 565 g/mol. The van der Waals surface area contributed by atoms with Gasteiger partial charge in [0, 0.05) is 35.6 Å². The molecule has 12 heteroatoms. The monoisotopic (exact) mass is 564 g/mol. The number of pyridine rings is 2. The fraction of sp³-hybridized carbons (Fsp3) is 0.179. The number of nitriles is 1. The second kappa shape index (κ2) is 11.3. The van der Waals surface area contributed by atoms with Crippen molar-refractivity contribution in [2.24, 2.45) is 0 Å². The molecule has 1 atom stereocenters. The summed E-state index contributed by atoms with van der Waals surface area (Å²) in [5.41, 5.74) is 9.24. The van der Waals surface area contributed by atoms with E-state index < -0.39 is 17.8 Å². The van der Waals surface area contributed by atoms with E-state index in [9.17, 15) is 18.4 Å². The Morgan fingerprint density at radius 1 is 1.25 bits per heavy atom. The number of fused-ring (bicyclic) bond motifs is 1. The molecule has 0 unspecified atom stereocenters. The Morgan fingerprint density at radius 2 is 2.05 bits per heavy atom. The Bertz CT molecular complexity index is 1620. The van der Waals surface area contributed by atoms with Gasteiger partial charge in [0.05, 0.1) is 51.2 Å². The zero-order chi connectivity index (χ0) is 28.4. The van der Waals surface area contributed by atoms with Crippen molar-refractivity contribution in [3.05, 3.63) is 101 Å². The zero-order valence-corrected chi connectivity index (χ0v) is 22.0. The first-order chi connectivity index (χ1) is 19.2. The molecule has 1 saturated carbocycles. The molecule has 1 fully saturated rings. The van der Waals surface area contributed by atoms with Gasteiger partial charge in [0.15, 0.2) is 5.82 Å². The highest BCUT2D eigenvalue weighted by molar-refractivity contribution is 6.36. The molecule has 4 N–H and O–H groups in total. The summed E-state index contributed by atoms with van der Waals surface area (Å²) in [6.07, 6.45) is 11.2. The molecule has 0 amide bonds. The van der Waals surface area contributed by atoms with Crippen LogP contribution in [0.15, 0.2) is 78.7 Å². The molecule has 0 spiro atoms. The molecule has 40 heavy (non-hydrogen) atoms. The first-order valence-electron chi connectivity index (χ1n) is 12.3. The van der Waals surface area contributed by atoms with Gasteiger partial charge in [-0.15, -0.1) is 5.53 Å². The maximum atomic E-state index is 13.8. The zero-order valence-electron chi connectivity index (χ0n) is 21.3. The summed E-state index contributed by atoms with van der Waals surface area (Å²) in [5, 5.41) is 18.8. The summed E-state index contributed by atoms with van der Waals surface area (Å²) in [4.78, 5) is 7.73. The van der Waals surface area contributed by atoms with Crippen molar-refractivity contribution in [3.63, 3.8) is 0 Å². The number of hydrazine groups is 2. The molecular weight excluding hydrogens is 541 g/mol. The second-order valence-electron chi connectivity index (χ2n) is 9.36. The summed E-state index contributed by atoms with van der Waals surface area (Å²) in [6.45, 7) is 5.53. The SMILES string of the molecule is C=C(/C=C\C=C(/C)F)[C@H](Nc1cc(Cl)c2ncc(C#N)c(Nc3cnc(F)c(F)c3)c2c1)C1=CN(C2CC2)NN1. The third-order valence-electron chi connectivity index (χ3n) is 6.29. The van der Waals surface area contributed by atoms with E-state index in [1.165, 1.54) is 19.2 Å². The maximum absolute atomic E-state index is 13.8. The molecule has 2 aromatic heterocycles. The summed E-state index contributed by atoms with van der Waals surface area (Å²) >= 11 is 6.62. The lowest BCUT2D eigenvalue weighted by molar-refractivity contribution is 0.260. The van der Waals surface area contributed by atoms with Crippen molar-refractivity contribution >= 4 is 39.6 Å². The Labute approximate surface area is 233 Å². The number of rotatable bonds is 9. The minimum Gasteiger partial charge on any atom is -0.373 e. The standard InChI is InChI=1S/C28H24ClF3N8/c1-15(4-3-5-16(2)30)25(24-14-40(39-38-24)20-6-7-20)36-18-8-21-26(37-19-10-23(31)28(32)35-13-19)17(11-33)12-34-27(21)22(29)9-18/h3-5,8-10,12-14,20,25,36,38-39H,1,6-7H2,2H3,(H,34,37)/b4-3-,16-5+/t25-/m0/s1. The Balaban J connectivity index is 1.54.